The van der Waals surface area contributed by atoms with Crippen molar-refractivity contribution in [1.29, 1.82) is 5.26 Å². The molecule has 0 saturated carbocycles. The molecular formula is C20H18N4S. The Labute approximate surface area is 150 Å². The summed E-state index contributed by atoms with van der Waals surface area (Å²) in [6.45, 7) is 6.43. The van der Waals surface area contributed by atoms with Crippen LogP contribution in [0, 0.1) is 18.3 Å². The van der Waals surface area contributed by atoms with Gasteiger partial charge in [-0.3, -0.25) is 0 Å². The Balaban J connectivity index is 1.94. The van der Waals surface area contributed by atoms with Gasteiger partial charge in [0.25, 0.3) is 0 Å². The molecule has 0 spiro atoms. The van der Waals surface area contributed by atoms with Crippen molar-refractivity contribution in [3.05, 3.63) is 52.7 Å². The summed E-state index contributed by atoms with van der Waals surface area (Å²) >= 11 is 1.63. The average Bonchev–Trinajstić information content (AvgIpc) is 3.24. The van der Waals surface area contributed by atoms with E-state index in [0.717, 1.165) is 32.7 Å². The minimum absolute atomic E-state index is 0.373. The third kappa shape index (κ3) is 2.46. The van der Waals surface area contributed by atoms with Crippen molar-refractivity contribution in [2.24, 2.45) is 0 Å². The standard InChI is InChI=1S/C20H18N4S/c1-11(2)15-10-25-20-18(15)19(13(8-21)9-23-20)24-16-4-5-17-14(12(16)3)6-7-22-17/h4-7,9-11,22H,1-3H3,(H,23,24). The molecular weight excluding hydrogens is 328 g/mol. The monoisotopic (exact) mass is 346 g/mol. The number of aromatic amines is 1. The second-order valence-electron chi connectivity index (χ2n) is 6.49. The molecule has 0 amide bonds. The number of thiophene rings is 1. The van der Waals surface area contributed by atoms with Gasteiger partial charge in [0.05, 0.1) is 11.3 Å². The smallest absolute Gasteiger partial charge is 0.125 e. The number of nitrogens with zero attached hydrogens (tertiary/aromatic N) is 2. The fraction of sp³-hybridized carbons (Fsp3) is 0.200. The maximum absolute atomic E-state index is 9.60. The lowest BCUT2D eigenvalue weighted by molar-refractivity contribution is 0.880. The lowest BCUT2D eigenvalue weighted by atomic mass is 10.0. The fourth-order valence-corrected chi connectivity index (χ4v) is 4.30. The predicted molar refractivity (Wildman–Crippen MR) is 105 cm³/mol. The summed E-state index contributed by atoms with van der Waals surface area (Å²) < 4.78 is 0. The summed E-state index contributed by atoms with van der Waals surface area (Å²) in [5, 5.41) is 17.5. The van der Waals surface area contributed by atoms with Crippen molar-refractivity contribution >= 4 is 43.8 Å². The Bertz CT molecular complexity index is 1130. The van der Waals surface area contributed by atoms with Gasteiger partial charge >= 0.3 is 0 Å². The van der Waals surface area contributed by atoms with Crippen molar-refractivity contribution < 1.29 is 0 Å². The molecule has 0 bridgehead atoms. The zero-order valence-electron chi connectivity index (χ0n) is 14.3. The fourth-order valence-electron chi connectivity index (χ4n) is 3.22. The molecule has 3 aromatic heterocycles. The Morgan fingerprint density at radius 1 is 1.28 bits per heavy atom. The molecule has 0 aliphatic carbocycles. The van der Waals surface area contributed by atoms with Crippen molar-refractivity contribution in [3.8, 4) is 6.07 Å². The average molecular weight is 346 g/mol. The molecule has 0 aliphatic heterocycles. The summed E-state index contributed by atoms with van der Waals surface area (Å²) in [6, 6.07) is 8.49. The van der Waals surface area contributed by atoms with Crippen LogP contribution in [0.25, 0.3) is 21.1 Å². The van der Waals surface area contributed by atoms with E-state index in [1.807, 2.05) is 6.20 Å². The number of fused-ring (bicyclic) bond motifs is 2. The number of H-pyrrole nitrogens is 1. The highest BCUT2D eigenvalue weighted by Crippen LogP contribution is 2.39. The number of hydrogen-bond donors (Lipinski definition) is 2. The van der Waals surface area contributed by atoms with Gasteiger partial charge in [-0.15, -0.1) is 11.3 Å². The first-order valence-electron chi connectivity index (χ1n) is 8.24. The Morgan fingerprint density at radius 3 is 2.88 bits per heavy atom. The minimum Gasteiger partial charge on any atom is -0.361 e. The first-order valence-corrected chi connectivity index (χ1v) is 9.12. The van der Waals surface area contributed by atoms with E-state index >= 15 is 0 Å². The molecule has 4 rings (SSSR count). The number of pyridine rings is 1. The topological polar surface area (TPSA) is 64.5 Å². The summed E-state index contributed by atoms with van der Waals surface area (Å²) in [5.74, 6) is 0.373. The first-order chi connectivity index (χ1) is 12.1. The molecule has 4 aromatic rings. The van der Waals surface area contributed by atoms with Crippen LogP contribution in [0.4, 0.5) is 11.4 Å². The van der Waals surface area contributed by atoms with Gasteiger partial charge < -0.3 is 10.3 Å². The SMILES string of the molecule is Cc1c(Nc2c(C#N)cnc3scc(C(C)C)c23)ccc2[nH]ccc12. The van der Waals surface area contributed by atoms with Gasteiger partial charge in [-0.1, -0.05) is 13.8 Å². The molecule has 0 radical (unpaired) electrons. The van der Waals surface area contributed by atoms with Crippen LogP contribution in [0.1, 0.15) is 36.5 Å². The number of rotatable bonds is 3. The highest BCUT2D eigenvalue weighted by atomic mass is 32.1. The van der Waals surface area contributed by atoms with E-state index in [-0.39, 0.29) is 0 Å². The third-order valence-corrected chi connectivity index (χ3v) is 5.54. The van der Waals surface area contributed by atoms with Crippen LogP contribution in [0.3, 0.4) is 0 Å². The second kappa shape index (κ2) is 5.91. The molecule has 25 heavy (non-hydrogen) atoms. The molecule has 0 aliphatic rings. The highest BCUT2D eigenvalue weighted by molar-refractivity contribution is 7.17. The molecule has 0 atom stereocenters. The molecule has 0 unspecified atom stereocenters. The summed E-state index contributed by atoms with van der Waals surface area (Å²) in [6.07, 6.45) is 3.61. The number of anilines is 2. The third-order valence-electron chi connectivity index (χ3n) is 4.64. The molecule has 0 saturated heterocycles. The van der Waals surface area contributed by atoms with Crippen LogP contribution in [0.15, 0.2) is 36.0 Å². The van der Waals surface area contributed by atoms with E-state index < -0.39 is 0 Å². The quantitative estimate of drug-likeness (QED) is 0.491. The van der Waals surface area contributed by atoms with Crippen LogP contribution in [-0.2, 0) is 0 Å². The van der Waals surface area contributed by atoms with Crippen molar-refractivity contribution in [2.45, 2.75) is 26.7 Å². The number of aryl methyl sites for hydroxylation is 1. The van der Waals surface area contributed by atoms with Gasteiger partial charge in [0.1, 0.15) is 10.9 Å². The zero-order valence-corrected chi connectivity index (χ0v) is 15.2. The van der Waals surface area contributed by atoms with Crippen LogP contribution >= 0.6 is 11.3 Å². The van der Waals surface area contributed by atoms with Gasteiger partial charge in [0.15, 0.2) is 0 Å². The lowest BCUT2D eigenvalue weighted by Crippen LogP contribution is -1.99. The molecule has 4 nitrogen and oxygen atoms in total. The summed E-state index contributed by atoms with van der Waals surface area (Å²) in [5.41, 5.74) is 5.94. The molecule has 2 N–H and O–H groups in total. The van der Waals surface area contributed by atoms with Crippen molar-refractivity contribution in [2.75, 3.05) is 5.32 Å². The van der Waals surface area contributed by atoms with E-state index in [0.29, 0.717) is 11.5 Å². The van der Waals surface area contributed by atoms with E-state index in [2.05, 4.69) is 65.7 Å². The largest absolute Gasteiger partial charge is 0.361 e. The van der Waals surface area contributed by atoms with E-state index in [1.165, 1.54) is 10.9 Å². The highest BCUT2D eigenvalue weighted by Gasteiger charge is 2.17. The molecule has 0 fully saturated rings. The minimum atomic E-state index is 0.373. The Hall–Kier alpha value is -2.84. The summed E-state index contributed by atoms with van der Waals surface area (Å²) in [4.78, 5) is 8.67. The lowest BCUT2D eigenvalue weighted by Gasteiger charge is -2.15. The number of benzene rings is 1. The van der Waals surface area contributed by atoms with Gasteiger partial charge in [0, 0.05) is 34.4 Å². The van der Waals surface area contributed by atoms with Gasteiger partial charge in [-0.2, -0.15) is 5.26 Å². The van der Waals surface area contributed by atoms with Crippen LogP contribution < -0.4 is 5.32 Å². The molecule has 5 heteroatoms. The van der Waals surface area contributed by atoms with Gasteiger partial charge in [-0.25, -0.2) is 4.98 Å². The molecule has 1 aromatic carbocycles. The summed E-state index contributed by atoms with van der Waals surface area (Å²) in [7, 11) is 0. The van der Waals surface area contributed by atoms with Gasteiger partial charge in [0.2, 0.25) is 0 Å². The zero-order chi connectivity index (χ0) is 17.6. The Kier molecular flexibility index (Phi) is 3.70. The van der Waals surface area contributed by atoms with E-state index in [9.17, 15) is 5.26 Å². The number of nitrogens with one attached hydrogen (secondary N) is 2. The van der Waals surface area contributed by atoms with Crippen LogP contribution in [0.5, 0.6) is 0 Å². The maximum Gasteiger partial charge on any atom is 0.125 e. The van der Waals surface area contributed by atoms with Crippen LogP contribution in [0.2, 0.25) is 0 Å². The van der Waals surface area contributed by atoms with Crippen molar-refractivity contribution in [3.63, 3.8) is 0 Å². The van der Waals surface area contributed by atoms with E-state index in [1.54, 1.807) is 17.5 Å². The second-order valence-corrected chi connectivity index (χ2v) is 7.34. The molecule has 124 valence electrons. The normalized spacial score (nSPS) is 11.3. The first kappa shape index (κ1) is 15.7. The number of aromatic nitrogens is 2. The number of hydrogen-bond acceptors (Lipinski definition) is 4. The predicted octanol–water partition coefficient (Wildman–Crippen LogP) is 5.82. The molecule has 3 heterocycles. The van der Waals surface area contributed by atoms with Gasteiger partial charge in [-0.05, 0) is 47.5 Å². The van der Waals surface area contributed by atoms with Crippen molar-refractivity contribution in [1.82, 2.24) is 9.97 Å². The number of nitriles is 1. The Morgan fingerprint density at radius 2 is 2.12 bits per heavy atom. The van der Waals surface area contributed by atoms with E-state index in [4.69, 9.17) is 0 Å². The van der Waals surface area contributed by atoms with Crippen LogP contribution in [-0.4, -0.2) is 9.97 Å². The maximum atomic E-state index is 9.60.